The Labute approximate surface area is 248 Å². The molecule has 10 heteroatoms. The normalized spacial score (nSPS) is 24.3. The smallest absolute Gasteiger partial charge is 0.251 e. The van der Waals surface area contributed by atoms with Crippen LogP contribution in [0.1, 0.15) is 90.5 Å². The van der Waals surface area contributed by atoms with Crippen LogP contribution in [0, 0.1) is 5.92 Å². The first-order chi connectivity index (χ1) is 20.2. The van der Waals surface area contributed by atoms with E-state index < -0.39 is 47.7 Å². The summed E-state index contributed by atoms with van der Waals surface area (Å²) in [5.74, 6) is -2.72. The minimum atomic E-state index is -1.53. The average molecular weight is 583 g/mol. The monoisotopic (exact) mass is 582 g/mol. The van der Waals surface area contributed by atoms with E-state index >= 15 is 0 Å². The molecule has 0 spiro atoms. The van der Waals surface area contributed by atoms with Crippen molar-refractivity contribution in [3.63, 3.8) is 0 Å². The summed E-state index contributed by atoms with van der Waals surface area (Å²) in [5.41, 5.74) is 0.688. The van der Waals surface area contributed by atoms with E-state index in [2.05, 4.69) is 16.0 Å². The summed E-state index contributed by atoms with van der Waals surface area (Å²) >= 11 is 0. The van der Waals surface area contributed by atoms with Crippen LogP contribution in [-0.4, -0.2) is 70.8 Å². The predicted octanol–water partition coefficient (Wildman–Crippen LogP) is 2.62. The van der Waals surface area contributed by atoms with Gasteiger partial charge in [0.2, 0.25) is 17.7 Å². The molecule has 5 atom stereocenters. The summed E-state index contributed by atoms with van der Waals surface area (Å²) < 4.78 is 0. The van der Waals surface area contributed by atoms with Crippen molar-refractivity contribution in [2.75, 3.05) is 6.54 Å². The molecule has 0 unspecified atom stereocenters. The van der Waals surface area contributed by atoms with Crippen LogP contribution in [0.4, 0.5) is 0 Å². The van der Waals surface area contributed by atoms with Gasteiger partial charge in [-0.3, -0.25) is 28.8 Å². The van der Waals surface area contributed by atoms with Gasteiger partial charge in [0, 0.05) is 25.8 Å². The number of hydrogen-bond donors (Lipinski definition) is 3. The first kappa shape index (κ1) is 32.9. The molecule has 0 aliphatic carbocycles. The van der Waals surface area contributed by atoms with Crippen molar-refractivity contribution in [1.29, 1.82) is 0 Å². The molecule has 230 valence electrons. The Morgan fingerprint density at radius 1 is 0.905 bits per heavy atom. The van der Waals surface area contributed by atoms with E-state index in [4.69, 9.17) is 0 Å². The lowest BCUT2D eigenvalue weighted by atomic mass is 9.93. The van der Waals surface area contributed by atoms with Crippen LogP contribution in [0.5, 0.6) is 0 Å². The molecule has 10 nitrogen and oxygen atoms in total. The van der Waals surface area contributed by atoms with E-state index in [1.165, 1.54) is 4.90 Å². The minimum Gasteiger partial charge on any atom is -0.343 e. The zero-order valence-electron chi connectivity index (χ0n) is 25.2. The van der Waals surface area contributed by atoms with E-state index in [1.54, 1.807) is 24.3 Å². The van der Waals surface area contributed by atoms with Gasteiger partial charge in [0.25, 0.3) is 5.91 Å². The van der Waals surface area contributed by atoms with E-state index in [0.717, 1.165) is 12.8 Å². The molecule has 1 aromatic carbocycles. The van der Waals surface area contributed by atoms with E-state index in [9.17, 15) is 28.8 Å². The van der Waals surface area contributed by atoms with Crippen molar-refractivity contribution in [2.24, 2.45) is 5.92 Å². The highest BCUT2D eigenvalue weighted by molar-refractivity contribution is 6.10. The van der Waals surface area contributed by atoms with Crippen LogP contribution in [0.15, 0.2) is 30.3 Å². The first-order valence-electron chi connectivity index (χ1n) is 15.5. The van der Waals surface area contributed by atoms with Crippen molar-refractivity contribution in [2.45, 2.75) is 116 Å². The summed E-state index contributed by atoms with van der Waals surface area (Å²) in [6.45, 7) is 5.95. The molecule has 0 radical (unpaired) electrons. The van der Waals surface area contributed by atoms with Crippen molar-refractivity contribution in [1.82, 2.24) is 20.9 Å². The topological polar surface area (TPSA) is 142 Å². The second-order valence-corrected chi connectivity index (χ2v) is 11.5. The number of nitrogens with one attached hydrogen (secondary N) is 3. The lowest BCUT2D eigenvalue weighted by Gasteiger charge is -2.39. The number of benzene rings is 1. The Kier molecular flexibility index (Phi) is 12.7. The van der Waals surface area contributed by atoms with Gasteiger partial charge < -0.3 is 20.9 Å². The fourth-order valence-corrected chi connectivity index (χ4v) is 5.56. The molecule has 42 heavy (non-hydrogen) atoms. The Morgan fingerprint density at radius 2 is 1.64 bits per heavy atom. The third-order valence-corrected chi connectivity index (χ3v) is 8.43. The highest BCUT2D eigenvalue weighted by Gasteiger charge is 2.41. The maximum Gasteiger partial charge on any atom is 0.251 e. The maximum atomic E-state index is 13.9. The second kappa shape index (κ2) is 16.2. The quantitative estimate of drug-likeness (QED) is 0.256. The van der Waals surface area contributed by atoms with Crippen LogP contribution < -0.4 is 16.0 Å². The second-order valence-electron chi connectivity index (χ2n) is 11.5. The van der Waals surface area contributed by atoms with Gasteiger partial charge in [0.15, 0.2) is 11.8 Å². The Morgan fingerprint density at radius 3 is 2.33 bits per heavy atom. The van der Waals surface area contributed by atoms with Gasteiger partial charge in [-0.2, -0.15) is 0 Å². The van der Waals surface area contributed by atoms with Gasteiger partial charge in [0.05, 0.1) is 0 Å². The maximum absolute atomic E-state index is 13.9. The largest absolute Gasteiger partial charge is 0.343 e. The number of piperidine rings is 1. The Hall–Kier alpha value is -3.56. The fraction of sp³-hybridized carbons (Fsp3) is 0.625. The van der Waals surface area contributed by atoms with Gasteiger partial charge >= 0.3 is 0 Å². The van der Waals surface area contributed by atoms with Crippen molar-refractivity contribution >= 4 is 35.2 Å². The summed E-state index contributed by atoms with van der Waals surface area (Å²) in [6, 6.07) is 4.70. The summed E-state index contributed by atoms with van der Waals surface area (Å²) in [4.78, 5) is 81.4. The Balaban J connectivity index is 1.91. The molecule has 3 rings (SSSR count). The minimum absolute atomic E-state index is 0.0855. The molecule has 2 fully saturated rings. The number of carbonyl (C=O) groups is 6. The van der Waals surface area contributed by atoms with Crippen molar-refractivity contribution in [3.05, 3.63) is 35.9 Å². The molecule has 3 N–H and O–H groups in total. The standard InChI is InChI=1S/C32H46N4O6/c1-4-21(3)27-32(42)36-19-13-12-18-25(36)30(40)33-24(17-11-7-10-16-23(37)5-2)29(39)35-28(31(41)34-27)26(38)20-22-14-8-6-9-15-22/h6,8-9,14-15,21,24-25,27-28H,4-5,7,10-13,16-20H2,1-3H3,(H,33,40)(H,34,41)(H,35,39)/t21-,24-,25+,27-,28-/m0/s1. The summed E-state index contributed by atoms with van der Waals surface area (Å²) in [7, 11) is 0. The van der Waals surface area contributed by atoms with E-state index in [0.29, 0.717) is 57.1 Å². The van der Waals surface area contributed by atoms with E-state index in [-0.39, 0.29) is 30.4 Å². The molecular formula is C32H46N4O6. The Bertz CT molecular complexity index is 1120. The molecule has 2 heterocycles. The SMILES string of the molecule is CCC(=O)CCCCC[C@@H]1NC(=O)[C@H]2CCCCN2C(=O)[C@H]([C@@H](C)CC)NC(=O)[C@H](C(=O)Cc2ccccc2)NC1=O. The highest BCUT2D eigenvalue weighted by atomic mass is 16.2. The summed E-state index contributed by atoms with van der Waals surface area (Å²) in [5, 5.41) is 8.24. The molecule has 0 bridgehead atoms. The van der Waals surface area contributed by atoms with Gasteiger partial charge in [0.1, 0.15) is 23.9 Å². The van der Waals surface area contributed by atoms with Crippen molar-refractivity contribution in [3.8, 4) is 0 Å². The average Bonchev–Trinajstić information content (AvgIpc) is 3.00. The third kappa shape index (κ3) is 8.97. The molecule has 1 aromatic rings. The number of amides is 4. The van der Waals surface area contributed by atoms with E-state index in [1.807, 2.05) is 26.8 Å². The zero-order chi connectivity index (χ0) is 30.6. The lowest BCUT2D eigenvalue weighted by molar-refractivity contribution is -0.148. The first-order valence-corrected chi connectivity index (χ1v) is 15.5. The van der Waals surface area contributed by atoms with Crippen LogP contribution in [0.3, 0.4) is 0 Å². The third-order valence-electron chi connectivity index (χ3n) is 8.43. The van der Waals surface area contributed by atoms with Crippen molar-refractivity contribution < 1.29 is 28.8 Å². The number of hydrogen-bond acceptors (Lipinski definition) is 6. The molecule has 0 saturated carbocycles. The van der Waals surface area contributed by atoms with Gasteiger partial charge in [-0.1, -0.05) is 70.4 Å². The molecule has 2 aliphatic rings. The fourth-order valence-electron chi connectivity index (χ4n) is 5.56. The number of Topliss-reactive ketones (excluding diaryl/α,β-unsaturated/α-hetero) is 2. The van der Waals surface area contributed by atoms with Crippen LogP contribution >= 0.6 is 0 Å². The van der Waals surface area contributed by atoms with Crippen LogP contribution in [-0.2, 0) is 35.2 Å². The van der Waals surface area contributed by atoms with Gasteiger partial charge in [-0.05, 0) is 43.6 Å². The number of ketones is 2. The number of carbonyl (C=O) groups excluding carboxylic acids is 6. The number of nitrogens with zero attached hydrogens (tertiary/aromatic N) is 1. The zero-order valence-corrected chi connectivity index (χ0v) is 25.2. The van der Waals surface area contributed by atoms with Gasteiger partial charge in [-0.15, -0.1) is 0 Å². The molecule has 4 amide bonds. The molecule has 2 saturated heterocycles. The summed E-state index contributed by atoms with van der Waals surface area (Å²) in [6.07, 6.45) is 5.61. The number of rotatable bonds is 12. The predicted molar refractivity (Wildman–Crippen MR) is 158 cm³/mol. The van der Waals surface area contributed by atoms with Gasteiger partial charge in [-0.25, -0.2) is 0 Å². The van der Waals surface area contributed by atoms with Crippen LogP contribution in [0.25, 0.3) is 0 Å². The molecule has 2 aliphatic heterocycles. The van der Waals surface area contributed by atoms with Crippen LogP contribution in [0.2, 0.25) is 0 Å². The lowest BCUT2D eigenvalue weighted by Crippen LogP contribution is -2.65. The molecular weight excluding hydrogens is 536 g/mol. The highest BCUT2D eigenvalue weighted by Crippen LogP contribution is 2.22. The molecule has 0 aromatic heterocycles. The number of fused-ring (bicyclic) bond motifs is 1. The number of unbranched alkanes of at least 4 members (excludes halogenated alkanes) is 2.